The molecule has 0 aliphatic carbocycles. The van der Waals surface area contributed by atoms with Gasteiger partial charge in [0.15, 0.2) is 0 Å². The van der Waals surface area contributed by atoms with Crippen molar-refractivity contribution in [1.82, 2.24) is 0 Å². The lowest BCUT2D eigenvalue weighted by Gasteiger charge is -2.32. The number of hydrogen-bond acceptors (Lipinski definition) is 2. The normalized spacial score (nSPS) is 11.4. The molecule has 0 saturated heterocycles. The van der Waals surface area contributed by atoms with E-state index in [4.69, 9.17) is 0 Å². The summed E-state index contributed by atoms with van der Waals surface area (Å²) in [5.41, 5.74) is 8.05. The average Bonchev–Trinajstić information content (AvgIpc) is 3.06. The number of nitrogens with zero attached hydrogens (tertiary/aromatic N) is 2. The summed E-state index contributed by atoms with van der Waals surface area (Å²) in [7, 11) is 0. The highest BCUT2D eigenvalue weighted by Gasteiger charge is 2.24. The first-order valence-electron chi connectivity index (χ1n) is 14.8. The van der Waals surface area contributed by atoms with Crippen LogP contribution in [0.4, 0.5) is 34.1 Å². The minimum atomic E-state index is 1.12. The summed E-state index contributed by atoms with van der Waals surface area (Å²) in [5.74, 6) is 0. The van der Waals surface area contributed by atoms with Crippen molar-refractivity contribution in [3.05, 3.63) is 169 Å². The fraction of sp³-hybridized carbons (Fsp3) is 0.0244. The average molecular weight is 551 g/mol. The maximum atomic E-state index is 2.40. The van der Waals surface area contributed by atoms with Crippen LogP contribution in [0.3, 0.4) is 0 Å². The Morgan fingerprint density at radius 3 is 1.05 bits per heavy atom. The Morgan fingerprint density at radius 1 is 0.349 bits per heavy atom. The van der Waals surface area contributed by atoms with Crippen molar-refractivity contribution in [2.75, 3.05) is 9.80 Å². The van der Waals surface area contributed by atoms with E-state index in [9.17, 15) is 0 Å². The third-order valence-corrected chi connectivity index (χ3v) is 8.36. The largest absolute Gasteiger partial charge is 0.310 e. The molecule has 2 heteroatoms. The molecule has 0 unspecified atom stereocenters. The second kappa shape index (κ2) is 10.3. The van der Waals surface area contributed by atoms with Gasteiger partial charge in [0.05, 0.1) is 11.4 Å². The van der Waals surface area contributed by atoms with Gasteiger partial charge in [-0.15, -0.1) is 0 Å². The van der Waals surface area contributed by atoms with Crippen LogP contribution in [0.1, 0.15) is 5.56 Å². The molecule has 0 aliphatic heterocycles. The first-order valence-corrected chi connectivity index (χ1v) is 14.8. The van der Waals surface area contributed by atoms with Crippen LogP contribution in [0.25, 0.3) is 32.3 Å². The SMILES string of the molecule is Cc1cc2ccc3c(N(c4ccccc4)c4ccccc4)cc(N(c4ccccc4)c4ccccc4)c4ccc(c1)c2c34. The second-order valence-corrected chi connectivity index (χ2v) is 11.1. The van der Waals surface area contributed by atoms with Crippen LogP contribution in [-0.2, 0) is 0 Å². The molecule has 2 nitrogen and oxygen atoms in total. The molecule has 0 aromatic heterocycles. The van der Waals surface area contributed by atoms with Crippen molar-refractivity contribution in [3.63, 3.8) is 0 Å². The molecule has 0 aliphatic rings. The summed E-state index contributed by atoms with van der Waals surface area (Å²) in [5, 5.41) is 7.60. The summed E-state index contributed by atoms with van der Waals surface area (Å²) < 4.78 is 0. The summed E-state index contributed by atoms with van der Waals surface area (Å²) in [4.78, 5) is 4.80. The molecule has 0 amide bonds. The molecule has 204 valence electrons. The Hall–Kier alpha value is -5.60. The zero-order valence-corrected chi connectivity index (χ0v) is 24.0. The number of rotatable bonds is 6. The van der Waals surface area contributed by atoms with Gasteiger partial charge in [-0.3, -0.25) is 0 Å². The van der Waals surface area contributed by atoms with Crippen LogP contribution in [0.2, 0.25) is 0 Å². The van der Waals surface area contributed by atoms with Crippen LogP contribution in [0, 0.1) is 6.92 Å². The highest BCUT2D eigenvalue weighted by atomic mass is 15.2. The second-order valence-electron chi connectivity index (χ2n) is 11.1. The van der Waals surface area contributed by atoms with Crippen molar-refractivity contribution in [1.29, 1.82) is 0 Å². The molecule has 43 heavy (non-hydrogen) atoms. The molecule has 0 radical (unpaired) electrons. The first-order chi connectivity index (χ1) is 21.3. The topological polar surface area (TPSA) is 6.48 Å². The Balaban J connectivity index is 1.54. The predicted octanol–water partition coefficient (Wildman–Crippen LogP) is 11.8. The molecular formula is C41H30N2. The number of para-hydroxylation sites is 4. The van der Waals surface area contributed by atoms with E-state index in [1.165, 1.54) is 37.9 Å². The van der Waals surface area contributed by atoms with Crippen molar-refractivity contribution < 1.29 is 0 Å². The fourth-order valence-electron chi connectivity index (χ4n) is 6.57. The standard InChI is InChI=1S/C41H30N2/c1-29-26-30-22-24-36-38(42(32-14-6-2-7-15-32)33-16-8-3-9-17-33)28-39(37-25-23-31(27-29)40(30)41(36)37)43(34-18-10-4-11-19-34)35-20-12-5-13-21-35/h2-28H,1H3. The van der Waals surface area contributed by atoms with Crippen LogP contribution in [0.15, 0.2) is 164 Å². The zero-order chi connectivity index (χ0) is 28.8. The van der Waals surface area contributed by atoms with E-state index in [0.717, 1.165) is 34.1 Å². The van der Waals surface area contributed by atoms with E-state index in [-0.39, 0.29) is 0 Å². The molecule has 0 saturated carbocycles. The Kier molecular flexibility index (Phi) is 6.05. The van der Waals surface area contributed by atoms with Crippen molar-refractivity contribution in [2.45, 2.75) is 6.92 Å². The van der Waals surface area contributed by atoms with Crippen LogP contribution in [0.5, 0.6) is 0 Å². The monoisotopic (exact) mass is 550 g/mol. The third-order valence-electron chi connectivity index (χ3n) is 8.36. The molecule has 8 aromatic carbocycles. The minimum Gasteiger partial charge on any atom is -0.310 e. The summed E-state index contributed by atoms with van der Waals surface area (Å²) in [6, 6.07) is 59.0. The van der Waals surface area contributed by atoms with Crippen LogP contribution >= 0.6 is 0 Å². The summed E-state index contributed by atoms with van der Waals surface area (Å²) in [6.07, 6.45) is 0. The van der Waals surface area contributed by atoms with E-state index in [0.29, 0.717) is 0 Å². The maximum Gasteiger partial charge on any atom is 0.0561 e. The zero-order valence-electron chi connectivity index (χ0n) is 24.0. The Bertz CT molecular complexity index is 1940. The van der Waals surface area contributed by atoms with Gasteiger partial charge in [-0.1, -0.05) is 109 Å². The van der Waals surface area contributed by atoms with Crippen LogP contribution in [-0.4, -0.2) is 0 Å². The molecule has 0 fully saturated rings. The molecular weight excluding hydrogens is 520 g/mol. The molecule has 0 N–H and O–H groups in total. The predicted molar refractivity (Wildman–Crippen MR) is 184 cm³/mol. The van der Waals surface area contributed by atoms with Gasteiger partial charge in [0.2, 0.25) is 0 Å². The number of hydrogen-bond donors (Lipinski definition) is 0. The van der Waals surface area contributed by atoms with E-state index < -0.39 is 0 Å². The van der Waals surface area contributed by atoms with Crippen molar-refractivity contribution >= 4 is 66.4 Å². The summed E-state index contributed by atoms with van der Waals surface area (Å²) >= 11 is 0. The molecule has 8 aromatic rings. The lowest BCUT2D eigenvalue weighted by atomic mass is 9.90. The minimum absolute atomic E-state index is 1.12. The van der Waals surface area contributed by atoms with Gasteiger partial charge in [0, 0.05) is 38.9 Å². The van der Waals surface area contributed by atoms with E-state index in [2.05, 4.69) is 181 Å². The van der Waals surface area contributed by atoms with E-state index >= 15 is 0 Å². The Morgan fingerprint density at radius 2 is 0.698 bits per heavy atom. The van der Waals surface area contributed by atoms with Crippen LogP contribution < -0.4 is 9.80 Å². The van der Waals surface area contributed by atoms with E-state index in [1.807, 2.05) is 0 Å². The third kappa shape index (κ3) is 4.27. The first kappa shape index (κ1) is 25.1. The summed E-state index contributed by atoms with van der Waals surface area (Å²) in [6.45, 7) is 2.18. The quantitative estimate of drug-likeness (QED) is 0.190. The van der Waals surface area contributed by atoms with Crippen molar-refractivity contribution in [3.8, 4) is 0 Å². The lowest BCUT2D eigenvalue weighted by Crippen LogP contribution is -2.14. The maximum absolute atomic E-state index is 2.40. The fourth-order valence-corrected chi connectivity index (χ4v) is 6.57. The molecule has 0 bridgehead atoms. The van der Waals surface area contributed by atoms with Gasteiger partial charge in [0.25, 0.3) is 0 Å². The van der Waals surface area contributed by atoms with E-state index in [1.54, 1.807) is 0 Å². The van der Waals surface area contributed by atoms with Crippen molar-refractivity contribution in [2.24, 2.45) is 0 Å². The van der Waals surface area contributed by atoms with Gasteiger partial charge in [-0.25, -0.2) is 0 Å². The van der Waals surface area contributed by atoms with Gasteiger partial charge in [-0.2, -0.15) is 0 Å². The van der Waals surface area contributed by atoms with Gasteiger partial charge in [-0.05, 0) is 83.2 Å². The number of aryl methyl sites for hydroxylation is 1. The highest BCUT2D eigenvalue weighted by molar-refractivity contribution is 6.29. The molecule has 8 rings (SSSR count). The van der Waals surface area contributed by atoms with Gasteiger partial charge in [0.1, 0.15) is 0 Å². The molecule has 0 heterocycles. The molecule has 0 atom stereocenters. The number of anilines is 6. The highest BCUT2D eigenvalue weighted by Crippen LogP contribution is 2.50. The van der Waals surface area contributed by atoms with Gasteiger partial charge >= 0.3 is 0 Å². The smallest absolute Gasteiger partial charge is 0.0561 e. The molecule has 0 spiro atoms. The van der Waals surface area contributed by atoms with Gasteiger partial charge < -0.3 is 9.80 Å². The Labute approximate surface area is 252 Å². The number of benzene rings is 8. The lowest BCUT2D eigenvalue weighted by molar-refractivity contribution is 1.27.